The lowest BCUT2D eigenvalue weighted by Gasteiger charge is -2.06. The molecule has 0 heterocycles. The fourth-order valence-electron chi connectivity index (χ4n) is 1.27. The lowest BCUT2D eigenvalue weighted by molar-refractivity contribution is -0.121. The quantitative estimate of drug-likeness (QED) is 0.208. The highest BCUT2D eigenvalue weighted by Crippen LogP contribution is 2.18. The van der Waals surface area contributed by atoms with Gasteiger partial charge in [-0.2, -0.15) is 0 Å². The molecule has 104 valence electrons. The van der Waals surface area contributed by atoms with Crippen molar-refractivity contribution in [2.75, 3.05) is 13.1 Å². The molecule has 0 spiro atoms. The van der Waals surface area contributed by atoms with Crippen LogP contribution in [0.2, 0.25) is 0 Å². The van der Waals surface area contributed by atoms with Gasteiger partial charge in [0.05, 0.1) is 6.54 Å². The molecule has 0 saturated heterocycles. The number of carbonyl (C=O) groups excluding carboxylic acids is 1. The predicted molar refractivity (Wildman–Crippen MR) is 85.1 cm³/mol. The van der Waals surface area contributed by atoms with E-state index >= 15 is 0 Å². The third-order valence-electron chi connectivity index (χ3n) is 2.35. The number of nitrogens with two attached hydrogens (primary N) is 1. The number of hydrogen-bond donors (Lipinski definition) is 3. The molecule has 0 bridgehead atoms. The van der Waals surface area contributed by atoms with Crippen molar-refractivity contribution in [3.8, 4) is 0 Å². The van der Waals surface area contributed by atoms with Gasteiger partial charge in [-0.3, -0.25) is 4.79 Å². The molecule has 1 saturated carbocycles. The lowest BCUT2D eigenvalue weighted by Crippen LogP contribution is -2.33. The average Bonchev–Trinajstić information content (AvgIpc) is 3.05. The van der Waals surface area contributed by atoms with Crippen LogP contribution >= 0.6 is 24.0 Å². The SMILES string of the molecule is C=C(C)CN=C(N)NCCCC(=O)NC1CC1.I. The van der Waals surface area contributed by atoms with Gasteiger partial charge in [-0.1, -0.05) is 12.2 Å². The van der Waals surface area contributed by atoms with E-state index in [-0.39, 0.29) is 29.9 Å². The second kappa shape index (κ2) is 9.18. The Kier molecular flexibility index (Phi) is 8.78. The Labute approximate surface area is 126 Å². The molecule has 1 aliphatic rings. The third kappa shape index (κ3) is 9.26. The molecule has 0 unspecified atom stereocenters. The van der Waals surface area contributed by atoms with Crippen molar-refractivity contribution in [3.63, 3.8) is 0 Å². The van der Waals surface area contributed by atoms with Crippen LogP contribution in [0.5, 0.6) is 0 Å². The van der Waals surface area contributed by atoms with Crippen molar-refractivity contribution in [1.82, 2.24) is 10.6 Å². The number of nitrogens with zero attached hydrogens (tertiary/aromatic N) is 1. The van der Waals surface area contributed by atoms with E-state index in [9.17, 15) is 4.79 Å². The zero-order valence-corrected chi connectivity index (χ0v) is 13.2. The number of carbonyl (C=O) groups is 1. The van der Waals surface area contributed by atoms with Crippen LogP contribution in [0.3, 0.4) is 0 Å². The normalized spacial score (nSPS) is 14.6. The van der Waals surface area contributed by atoms with E-state index in [1.165, 1.54) is 0 Å². The average molecular weight is 366 g/mol. The number of hydrogen-bond acceptors (Lipinski definition) is 2. The Morgan fingerprint density at radius 3 is 2.72 bits per heavy atom. The predicted octanol–water partition coefficient (Wildman–Crippen LogP) is 1.14. The van der Waals surface area contributed by atoms with Crippen molar-refractivity contribution in [3.05, 3.63) is 12.2 Å². The van der Waals surface area contributed by atoms with E-state index < -0.39 is 0 Å². The second-order valence-electron chi connectivity index (χ2n) is 4.53. The van der Waals surface area contributed by atoms with Gasteiger partial charge >= 0.3 is 0 Å². The standard InChI is InChI=1S/C12H22N4O.HI/c1-9(2)8-15-12(13)14-7-3-4-11(17)16-10-5-6-10;/h10H,1,3-8H2,2H3,(H,16,17)(H3,13,14,15);1H. The summed E-state index contributed by atoms with van der Waals surface area (Å²) in [7, 11) is 0. The summed E-state index contributed by atoms with van der Waals surface area (Å²) in [6, 6.07) is 0.442. The first-order valence-corrected chi connectivity index (χ1v) is 6.05. The number of nitrogens with one attached hydrogen (secondary N) is 2. The molecule has 4 N–H and O–H groups in total. The number of halogens is 1. The summed E-state index contributed by atoms with van der Waals surface area (Å²) in [4.78, 5) is 15.4. The monoisotopic (exact) mass is 366 g/mol. The molecule has 0 radical (unpaired) electrons. The van der Waals surface area contributed by atoms with Crippen LogP contribution in [0, 0.1) is 0 Å². The Morgan fingerprint density at radius 2 is 2.17 bits per heavy atom. The maximum atomic E-state index is 11.3. The first-order chi connectivity index (χ1) is 8.08. The molecule has 0 aromatic rings. The first-order valence-electron chi connectivity index (χ1n) is 6.05. The van der Waals surface area contributed by atoms with E-state index in [0.717, 1.165) is 24.8 Å². The van der Waals surface area contributed by atoms with E-state index in [1.54, 1.807) is 0 Å². The van der Waals surface area contributed by atoms with Crippen molar-refractivity contribution in [1.29, 1.82) is 0 Å². The topological polar surface area (TPSA) is 79.5 Å². The van der Waals surface area contributed by atoms with Gasteiger partial charge < -0.3 is 16.4 Å². The molecule has 1 rings (SSSR count). The summed E-state index contributed by atoms with van der Waals surface area (Å²) < 4.78 is 0. The summed E-state index contributed by atoms with van der Waals surface area (Å²) >= 11 is 0. The molecular formula is C12H23IN4O. The molecule has 1 fully saturated rings. The van der Waals surface area contributed by atoms with Crippen molar-refractivity contribution < 1.29 is 4.79 Å². The molecule has 0 aliphatic heterocycles. The van der Waals surface area contributed by atoms with Gasteiger partial charge in [-0.25, -0.2) is 4.99 Å². The smallest absolute Gasteiger partial charge is 0.220 e. The molecule has 1 aliphatic carbocycles. The highest BCUT2D eigenvalue weighted by atomic mass is 127. The largest absolute Gasteiger partial charge is 0.370 e. The van der Waals surface area contributed by atoms with E-state index in [4.69, 9.17) is 5.73 Å². The Bertz CT molecular complexity index is 313. The Hall–Kier alpha value is -0.790. The molecule has 18 heavy (non-hydrogen) atoms. The molecule has 0 atom stereocenters. The van der Waals surface area contributed by atoms with E-state index in [2.05, 4.69) is 22.2 Å². The van der Waals surface area contributed by atoms with Gasteiger partial charge in [0.15, 0.2) is 5.96 Å². The van der Waals surface area contributed by atoms with Gasteiger partial charge in [0.25, 0.3) is 0 Å². The fourth-order valence-corrected chi connectivity index (χ4v) is 1.27. The van der Waals surface area contributed by atoms with Crippen LogP contribution in [-0.4, -0.2) is 31.0 Å². The molecule has 6 heteroatoms. The van der Waals surface area contributed by atoms with Gasteiger partial charge in [0.2, 0.25) is 5.91 Å². The second-order valence-corrected chi connectivity index (χ2v) is 4.53. The summed E-state index contributed by atoms with van der Waals surface area (Å²) in [6.07, 6.45) is 3.56. The Balaban J connectivity index is 0.00000289. The van der Waals surface area contributed by atoms with Gasteiger partial charge in [0, 0.05) is 19.0 Å². The zero-order valence-electron chi connectivity index (χ0n) is 10.9. The van der Waals surface area contributed by atoms with Gasteiger partial charge in [0.1, 0.15) is 0 Å². The molecule has 0 aromatic heterocycles. The summed E-state index contributed by atoms with van der Waals surface area (Å²) in [5, 5.41) is 5.91. The maximum Gasteiger partial charge on any atom is 0.220 e. The van der Waals surface area contributed by atoms with Gasteiger partial charge in [-0.15, -0.1) is 24.0 Å². The minimum atomic E-state index is 0. The Morgan fingerprint density at radius 1 is 1.50 bits per heavy atom. The minimum Gasteiger partial charge on any atom is -0.370 e. The van der Waals surface area contributed by atoms with Crippen LogP contribution in [0.4, 0.5) is 0 Å². The molecule has 0 aromatic carbocycles. The highest BCUT2D eigenvalue weighted by molar-refractivity contribution is 14.0. The zero-order chi connectivity index (χ0) is 12.7. The van der Waals surface area contributed by atoms with Crippen molar-refractivity contribution >= 4 is 35.8 Å². The van der Waals surface area contributed by atoms with Crippen molar-refractivity contribution in [2.45, 2.75) is 38.6 Å². The summed E-state index contributed by atoms with van der Waals surface area (Å²) in [6.45, 7) is 6.85. The van der Waals surface area contributed by atoms with Crippen LogP contribution in [-0.2, 0) is 4.79 Å². The number of amides is 1. The molecular weight excluding hydrogens is 343 g/mol. The maximum absolute atomic E-state index is 11.3. The lowest BCUT2D eigenvalue weighted by atomic mass is 10.3. The van der Waals surface area contributed by atoms with Crippen LogP contribution < -0.4 is 16.4 Å². The van der Waals surface area contributed by atoms with Crippen LogP contribution in [0.25, 0.3) is 0 Å². The summed E-state index contributed by atoms with van der Waals surface area (Å²) in [5.41, 5.74) is 6.60. The molecule has 1 amide bonds. The van der Waals surface area contributed by atoms with Crippen LogP contribution in [0.1, 0.15) is 32.6 Å². The van der Waals surface area contributed by atoms with Gasteiger partial charge in [-0.05, 0) is 26.2 Å². The van der Waals surface area contributed by atoms with E-state index in [0.29, 0.717) is 31.5 Å². The summed E-state index contributed by atoms with van der Waals surface area (Å²) in [5.74, 6) is 0.544. The number of aliphatic imine (C=N–C) groups is 1. The fraction of sp³-hybridized carbons (Fsp3) is 0.667. The molecule has 5 nitrogen and oxygen atoms in total. The van der Waals surface area contributed by atoms with Crippen LogP contribution in [0.15, 0.2) is 17.1 Å². The highest BCUT2D eigenvalue weighted by Gasteiger charge is 2.22. The number of guanidine groups is 1. The minimum absolute atomic E-state index is 0. The third-order valence-corrected chi connectivity index (χ3v) is 2.35. The van der Waals surface area contributed by atoms with Crippen molar-refractivity contribution in [2.24, 2.45) is 10.7 Å². The van der Waals surface area contributed by atoms with E-state index in [1.807, 2.05) is 6.92 Å². The number of rotatable bonds is 7. The first kappa shape index (κ1) is 17.2.